The second-order valence-electron chi connectivity index (χ2n) is 3.48. The lowest BCUT2D eigenvalue weighted by molar-refractivity contribution is 0.474. The summed E-state index contributed by atoms with van der Waals surface area (Å²) in [6.45, 7) is 3.82. The van der Waals surface area contributed by atoms with Crippen LogP contribution in [0.4, 0.5) is 0 Å². The maximum atomic E-state index is 5.24. The summed E-state index contributed by atoms with van der Waals surface area (Å²) in [7, 11) is 1.96. The van der Waals surface area contributed by atoms with Crippen molar-refractivity contribution >= 4 is 17.3 Å². The van der Waals surface area contributed by atoms with Gasteiger partial charge in [-0.1, -0.05) is 13.3 Å². The molecule has 0 spiro atoms. The highest BCUT2D eigenvalue weighted by atomic mass is 32.1. The van der Waals surface area contributed by atoms with Gasteiger partial charge in [-0.25, -0.2) is 4.98 Å². The molecule has 0 atom stereocenters. The van der Waals surface area contributed by atoms with E-state index in [1.54, 1.807) is 6.20 Å². The summed E-state index contributed by atoms with van der Waals surface area (Å²) < 4.78 is 0. The van der Waals surface area contributed by atoms with Gasteiger partial charge in [0.05, 0.1) is 6.54 Å². The normalized spacial score (nSPS) is 10.0. The van der Waals surface area contributed by atoms with E-state index >= 15 is 0 Å². The molecule has 1 aromatic heterocycles. The first kappa shape index (κ1) is 12.0. The number of aromatic amines is 1. The van der Waals surface area contributed by atoms with E-state index in [4.69, 9.17) is 12.2 Å². The first-order valence-corrected chi connectivity index (χ1v) is 5.62. The van der Waals surface area contributed by atoms with Crippen LogP contribution in [0.25, 0.3) is 0 Å². The van der Waals surface area contributed by atoms with Crippen LogP contribution in [0.15, 0.2) is 12.4 Å². The zero-order valence-electron chi connectivity index (χ0n) is 9.29. The third-order valence-electron chi connectivity index (χ3n) is 2.10. The van der Waals surface area contributed by atoms with E-state index in [-0.39, 0.29) is 0 Å². The van der Waals surface area contributed by atoms with Gasteiger partial charge in [-0.2, -0.15) is 0 Å². The molecule has 4 nitrogen and oxygen atoms in total. The van der Waals surface area contributed by atoms with E-state index in [2.05, 4.69) is 22.2 Å². The summed E-state index contributed by atoms with van der Waals surface area (Å²) in [5.74, 6) is 0.928. The van der Waals surface area contributed by atoms with E-state index in [9.17, 15) is 0 Å². The molecule has 0 amide bonds. The molecular formula is C10H18N4S. The van der Waals surface area contributed by atoms with E-state index in [0.29, 0.717) is 6.54 Å². The third-order valence-corrected chi connectivity index (χ3v) is 2.55. The smallest absolute Gasteiger partial charge is 0.169 e. The first-order valence-electron chi connectivity index (χ1n) is 5.21. The lowest BCUT2D eigenvalue weighted by Gasteiger charge is -2.19. The van der Waals surface area contributed by atoms with Gasteiger partial charge in [-0.05, 0) is 18.6 Å². The SMILES string of the molecule is CCCCNC(=S)N(C)Cc1ncc[nH]1. The van der Waals surface area contributed by atoms with Crippen molar-refractivity contribution in [3.8, 4) is 0 Å². The van der Waals surface area contributed by atoms with Crippen LogP contribution in [0.5, 0.6) is 0 Å². The van der Waals surface area contributed by atoms with Gasteiger partial charge < -0.3 is 15.2 Å². The van der Waals surface area contributed by atoms with Crippen LogP contribution in [0.3, 0.4) is 0 Å². The number of nitrogens with zero attached hydrogens (tertiary/aromatic N) is 2. The van der Waals surface area contributed by atoms with Crippen molar-refractivity contribution in [1.29, 1.82) is 0 Å². The maximum absolute atomic E-state index is 5.24. The van der Waals surface area contributed by atoms with Crippen LogP contribution in [0, 0.1) is 0 Å². The zero-order chi connectivity index (χ0) is 11.1. The minimum atomic E-state index is 0.713. The van der Waals surface area contributed by atoms with Gasteiger partial charge in [-0.15, -0.1) is 0 Å². The zero-order valence-corrected chi connectivity index (χ0v) is 10.1. The van der Waals surface area contributed by atoms with Crippen molar-refractivity contribution in [2.45, 2.75) is 26.3 Å². The number of hydrogen-bond acceptors (Lipinski definition) is 2. The van der Waals surface area contributed by atoms with Crippen LogP contribution < -0.4 is 5.32 Å². The molecule has 5 heteroatoms. The van der Waals surface area contributed by atoms with Crippen molar-refractivity contribution in [3.05, 3.63) is 18.2 Å². The number of aromatic nitrogens is 2. The van der Waals surface area contributed by atoms with Gasteiger partial charge in [0.25, 0.3) is 0 Å². The first-order chi connectivity index (χ1) is 7.24. The highest BCUT2D eigenvalue weighted by Crippen LogP contribution is 1.96. The Morgan fingerprint density at radius 3 is 3.07 bits per heavy atom. The molecule has 15 heavy (non-hydrogen) atoms. The second-order valence-corrected chi connectivity index (χ2v) is 3.86. The summed E-state index contributed by atoms with van der Waals surface area (Å²) in [5.41, 5.74) is 0. The highest BCUT2D eigenvalue weighted by molar-refractivity contribution is 7.80. The summed E-state index contributed by atoms with van der Waals surface area (Å²) in [4.78, 5) is 9.18. The number of unbranched alkanes of at least 4 members (excludes halogenated alkanes) is 1. The molecule has 1 rings (SSSR count). The number of nitrogens with one attached hydrogen (secondary N) is 2. The molecule has 0 fully saturated rings. The number of hydrogen-bond donors (Lipinski definition) is 2. The van der Waals surface area contributed by atoms with Gasteiger partial charge in [-0.3, -0.25) is 0 Å². The Labute approximate surface area is 96.1 Å². The number of rotatable bonds is 5. The maximum Gasteiger partial charge on any atom is 0.169 e. The van der Waals surface area contributed by atoms with E-state index in [0.717, 1.165) is 23.9 Å². The molecule has 2 N–H and O–H groups in total. The van der Waals surface area contributed by atoms with E-state index < -0.39 is 0 Å². The fraction of sp³-hybridized carbons (Fsp3) is 0.600. The molecule has 0 radical (unpaired) electrons. The Kier molecular flexibility index (Phi) is 5.10. The van der Waals surface area contributed by atoms with Crippen LogP contribution in [-0.2, 0) is 6.54 Å². The quantitative estimate of drug-likeness (QED) is 0.590. The Hall–Kier alpha value is -1.10. The largest absolute Gasteiger partial charge is 0.363 e. The third kappa shape index (κ3) is 4.29. The summed E-state index contributed by atoms with van der Waals surface area (Å²) in [6.07, 6.45) is 5.89. The van der Waals surface area contributed by atoms with Crippen molar-refractivity contribution in [2.24, 2.45) is 0 Å². The molecule has 0 aliphatic carbocycles. The fourth-order valence-corrected chi connectivity index (χ4v) is 1.35. The monoisotopic (exact) mass is 226 g/mol. The summed E-state index contributed by atoms with van der Waals surface area (Å²) in [6, 6.07) is 0. The van der Waals surface area contributed by atoms with Gasteiger partial charge in [0.15, 0.2) is 5.11 Å². The Bertz CT molecular complexity index is 284. The lowest BCUT2D eigenvalue weighted by atomic mass is 10.3. The molecule has 0 bridgehead atoms. The van der Waals surface area contributed by atoms with Crippen LogP contribution in [-0.4, -0.2) is 33.6 Å². The number of imidazole rings is 1. The van der Waals surface area contributed by atoms with Crippen LogP contribution >= 0.6 is 12.2 Å². The fourth-order valence-electron chi connectivity index (χ4n) is 1.19. The molecule has 0 aromatic carbocycles. The van der Waals surface area contributed by atoms with Gasteiger partial charge in [0, 0.05) is 26.0 Å². The molecule has 1 heterocycles. The minimum Gasteiger partial charge on any atom is -0.363 e. The van der Waals surface area contributed by atoms with Gasteiger partial charge in [0.2, 0.25) is 0 Å². The molecule has 84 valence electrons. The van der Waals surface area contributed by atoms with Crippen molar-refractivity contribution in [2.75, 3.05) is 13.6 Å². The second kappa shape index (κ2) is 6.40. The molecular weight excluding hydrogens is 208 g/mol. The average molecular weight is 226 g/mol. The molecule has 0 saturated carbocycles. The molecule has 0 unspecified atom stereocenters. The van der Waals surface area contributed by atoms with Crippen molar-refractivity contribution in [1.82, 2.24) is 20.2 Å². The average Bonchev–Trinajstić information content (AvgIpc) is 2.70. The molecule has 0 aliphatic rings. The number of H-pyrrole nitrogens is 1. The Morgan fingerprint density at radius 2 is 2.47 bits per heavy atom. The van der Waals surface area contributed by atoms with Gasteiger partial charge >= 0.3 is 0 Å². The van der Waals surface area contributed by atoms with Crippen LogP contribution in [0.1, 0.15) is 25.6 Å². The highest BCUT2D eigenvalue weighted by Gasteiger charge is 2.05. The van der Waals surface area contributed by atoms with Crippen LogP contribution in [0.2, 0.25) is 0 Å². The minimum absolute atomic E-state index is 0.713. The predicted octanol–water partition coefficient (Wildman–Crippen LogP) is 1.52. The predicted molar refractivity (Wildman–Crippen MR) is 65.6 cm³/mol. The van der Waals surface area contributed by atoms with Crippen molar-refractivity contribution in [3.63, 3.8) is 0 Å². The lowest BCUT2D eigenvalue weighted by Crippen LogP contribution is -2.37. The Morgan fingerprint density at radius 1 is 1.67 bits per heavy atom. The van der Waals surface area contributed by atoms with Crippen molar-refractivity contribution < 1.29 is 0 Å². The summed E-state index contributed by atoms with van der Waals surface area (Å²) >= 11 is 5.24. The number of thiocarbonyl (C=S) groups is 1. The topological polar surface area (TPSA) is 44.0 Å². The molecule has 0 saturated heterocycles. The summed E-state index contributed by atoms with van der Waals surface area (Å²) in [5, 5.41) is 3.99. The van der Waals surface area contributed by atoms with E-state index in [1.807, 2.05) is 18.1 Å². The molecule has 1 aromatic rings. The standard InChI is InChI=1S/C10H18N4S/c1-3-4-5-13-10(15)14(2)8-9-11-6-7-12-9/h6-7H,3-5,8H2,1-2H3,(H,11,12)(H,13,15). The molecule has 0 aliphatic heterocycles. The van der Waals surface area contributed by atoms with Gasteiger partial charge in [0.1, 0.15) is 5.82 Å². The van der Waals surface area contributed by atoms with E-state index in [1.165, 1.54) is 6.42 Å². The Balaban J connectivity index is 2.27.